The van der Waals surface area contributed by atoms with Crippen molar-refractivity contribution in [2.45, 2.75) is 41.8 Å². The van der Waals surface area contributed by atoms with Crippen LogP contribution < -0.4 is 10.6 Å². The number of nitrogens with zero attached hydrogens (tertiary/aromatic N) is 2. The van der Waals surface area contributed by atoms with Crippen LogP contribution in [0.4, 0.5) is 0 Å². The third-order valence-electron chi connectivity index (χ3n) is 2.47. The molecule has 1 heterocycles. The summed E-state index contributed by atoms with van der Waals surface area (Å²) in [6.45, 7) is 5.52. The molecule has 0 radical (unpaired) electrons. The van der Waals surface area contributed by atoms with E-state index in [0.29, 0.717) is 18.1 Å². The van der Waals surface area contributed by atoms with E-state index in [4.69, 9.17) is 0 Å². The maximum Gasteiger partial charge on any atom is 0.230 e. The van der Waals surface area contributed by atoms with Gasteiger partial charge in [-0.3, -0.25) is 9.59 Å². The molecule has 1 rings (SSSR count). The van der Waals surface area contributed by atoms with Gasteiger partial charge in [-0.05, 0) is 12.8 Å². The predicted octanol–water partition coefficient (Wildman–Crippen LogP) is 2.16. The lowest BCUT2D eigenvalue weighted by Gasteiger charge is -2.01. The van der Waals surface area contributed by atoms with Crippen molar-refractivity contribution in [3.05, 3.63) is 0 Å². The van der Waals surface area contributed by atoms with Gasteiger partial charge in [0, 0.05) is 13.1 Å². The van der Waals surface area contributed by atoms with E-state index in [0.717, 1.165) is 34.5 Å². The Hall–Kier alpha value is -0.800. The molecule has 1 aromatic rings. The van der Waals surface area contributed by atoms with Crippen molar-refractivity contribution in [2.24, 2.45) is 0 Å². The fraction of sp³-hybridized carbons (Fsp3) is 0.692. The third kappa shape index (κ3) is 8.60. The minimum absolute atomic E-state index is 0.00607. The first kappa shape index (κ1) is 19.2. The van der Waals surface area contributed by atoms with E-state index >= 15 is 0 Å². The Morgan fingerprint density at radius 3 is 2.00 bits per heavy atom. The summed E-state index contributed by atoms with van der Waals surface area (Å²) in [7, 11) is 0. The van der Waals surface area contributed by atoms with Gasteiger partial charge in [0.05, 0.1) is 11.5 Å². The maximum atomic E-state index is 11.6. The van der Waals surface area contributed by atoms with Gasteiger partial charge in [0.2, 0.25) is 11.8 Å². The lowest BCUT2D eigenvalue weighted by molar-refractivity contribution is -0.119. The number of unbranched alkanes of at least 4 members (excludes halogenated alkanes) is 1. The maximum absolute atomic E-state index is 11.6. The van der Waals surface area contributed by atoms with Gasteiger partial charge in [-0.2, -0.15) is 0 Å². The normalized spacial score (nSPS) is 10.5. The van der Waals surface area contributed by atoms with Crippen LogP contribution in [0.1, 0.15) is 33.1 Å². The molecule has 0 fully saturated rings. The number of aromatic nitrogens is 2. The molecule has 0 aliphatic rings. The second-order valence-electron chi connectivity index (χ2n) is 4.46. The fourth-order valence-electron chi connectivity index (χ4n) is 1.34. The number of amides is 2. The van der Waals surface area contributed by atoms with E-state index in [1.165, 1.54) is 34.9 Å². The van der Waals surface area contributed by atoms with E-state index in [9.17, 15) is 9.59 Å². The molecule has 0 spiro atoms. The minimum Gasteiger partial charge on any atom is -0.355 e. The largest absolute Gasteiger partial charge is 0.355 e. The topological polar surface area (TPSA) is 84.0 Å². The van der Waals surface area contributed by atoms with Crippen LogP contribution in [0.2, 0.25) is 0 Å². The first-order chi connectivity index (χ1) is 10.7. The first-order valence-electron chi connectivity index (χ1n) is 7.28. The van der Waals surface area contributed by atoms with Gasteiger partial charge in [-0.1, -0.05) is 55.1 Å². The molecule has 0 saturated heterocycles. The van der Waals surface area contributed by atoms with E-state index in [-0.39, 0.29) is 11.8 Å². The monoisotopic (exact) mass is 362 g/mol. The Balaban J connectivity index is 2.23. The molecule has 2 amide bonds. The predicted molar refractivity (Wildman–Crippen MR) is 92.6 cm³/mol. The number of hydrogen-bond acceptors (Lipinski definition) is 7. The molecular weight excluding hydrogens is 340 g/mol. The van der Waals surface area contributed by atoms with Crippen molar-refractivity contribution >= 4 is 46.7 Å². The molecule has 22 heavy (non-hydrogen) atoms. The van der Waals surface area contributed by atoms with Crippen LogP contribution in [0.15, 0.2) is 8.68 Å². The highest BCUT2D eigenvalue weighted by molar-refractivity contribution is 8.03. The molecule has 0 bridgehead atoms. The van der Waals surface area contributed by atoms with Gasteiger partial charge in [0.15, 0.2) is 8.68 Å². The van der Waals surface area contributed by atoms with Crippen molar-refractivity contribution in [3.8, 4) is 0 Å². The van der Waals surface area contributed by atoms with Gasteiger partial charge < -0.3 is 10.6 Å². The Kier molecular flexibility index (Phi) is 10.3. The molecule has 9 heteroatoms. The summed E-state index contributed by atoms with van der Waals surface area (Å²) in [5.74, 6) is 0.713. The molecule has 0 aliphatic carbocycles. The van der Waals surface area contributed by atoms with Gasteiger partial charge in [-0.15, -0.1) is 10.2 Å². The van der Waals surface area contributed by atoms with Crippen LogP contribution in [0.3, 0.4) is 0 Å². The van der Waals surface area contributed by atoms with Crippen molar-refractivity contribution < 1.29 is 9.59 Å². The molecule has 0 unspecified atom stereocenters. The molecule has 124 valence electrons. The number of carbonyl (C=O) groups excluding carboxylic acids is 2. The number of hydrogen-bond donors (Lipinski definition) is 2. The highest BCUT2D eigenvalue weighted by Gasteiger charge is 2.10. The summed E-state index contributed by atoms with van der Waals surface area (Å²) in [4.78, 5) is 23.1. The number of carbonyl (C=O) groups is 2. The second-order valence-corrected chi connectivity index (χ2v) is 7.89. The third-order valence-corrected chi connectivity index (χ3v) is 5.66. The molecule has 6 nitrogen and oxygen atoms in total. The molecule has 0 atom stereocenters. The smallest absolute Gasteiger partial charge is 0.230 e. The number of nitrogens with one attached hydrogen (secondary N) is 2. The number of rotatable bonds is 11. The molecule has 1 aromatic heterocycles. The zero-order valence-electron chi connectivity index (χ0n) is 12.9. The molecule has 0 aliphatic heterocycles. The van der Waals surface area contributed by atoms with Crippen molar-refractivity contribution in [2.75, 3.05) is 24.6 Å². The molecule has 2 N–H and O–H groups in total. The summed E-state index contributed by atoms with van der Waals surface area (Å²) >= 11 is 4.16. The highest BCUT2D eigenvalue weighted by atomic mass is 32.2. The summed E-state index contributed by atoms with van der Waals surface area (Å²) in [5, 5.41) is 13.7. The quantitative estimate of drug-likeness (QED) is 0.464. The van der Waals surface area contributed by atoms with Crippen LogP contribution in [-0.2, 0) is 9.59 Å². The fourth-order valence-corrected chi connectivity index (χ4v) is 4.02. The highest BCUT2D eigenvalue weighted by Crippen LogP contribution is 2.28. The standard InChI is InChI=1S/C13H22N4O2S3/c1-3-5-7-15-11(19)9-21-13-17-16-12(22-13)20-8-10(18)14-6-4-2/h3-9H2,1-2H3,(H,14,18)(H,15,19). The van der Waals surface area contributed by atoms with Gasteiger partial charge >= 0.3 is 0 Å². The van der Waals surface area contributed by atoms with Gasteiger partial charge in [-0.25, -0.2) is 0 Å². The second kappa shape index (κ2) is 11.7. The van der Waals surface area contributed by atoms with Crippen molar-refractivity contribution in [1.82, 2.24) is 20.8 Å². The zero-order chi connectivity index (χ0) is 16.2. The first-order valence-corrected chi connectivity index (χ1v) is 10.1. The Morgan fingerprint density at radius 2 is 1.50 bits per heavy atom. The van der Waals surface area contributed by atoms with Gasteiger partial charge in [0.25, 0.3) is 0 Å². The van der Waals surface area contributed by atoms with Crippen molar-refractivity contribution in [1.29, 1.82) is 0 Å². The molecule has 0 saturated carbocycles. The van der Waals surface area contributed by atoms with Crippen molar-refractivity contribution in [3.63, 3.8) is 0 Å². The number of thioether (sulfide) groups is 2. The summed E-state index contributed by atoms with van der Waals surface area (Å²) in [5.41, 5.74) is 0. The van der Waals surface area contributed by atoms with Crippen LogP contribution in [0.5, 0.6) is 0 Å². The summed E-state index contributed by atoms with van der Waals surface area (Å²) < 4.78 is 1.50. The summed E-state index contributed by atoms with van der Waals surface area (Å²) in [6.07, 6.45) is 2.99. The lowest BCUT2D eigenvalue weighted by Crippen LogP contribution is -2.25. The lowest BCUT2D eigenvalue weighted by atomic mass is 10.3. The zero-order valence-corrected chi connectivity index (χ0v) is 15.3. The Labute approximate surface area is 143 Å². The van der Waals surface area contributed by atoms with Crippen LogP contribution >= 0.6 is 34.9 Å². The van der Waals surface area contributed by atoms with Crippen LogP contribution in [-0.4, -0.2) is 46.6 Å². The average Bonchev–Trinajstić information content (AvgIpc) is 2.97. The average molecular weight is 363 g/mol. The van der Waals surface area contributed by atoms with Crippen LogP contribution in [0.25, 0.3) is 0 Å². The Bertz CT molecular complexity index is 468. The van der Waals surface area contributed by atoms with E-state index in [1.54, 1.807) is 0 Å². The van der Waals surface area contributed by atoms with Crippen LogP contribution in [0, 0.1) is 0 Å². The summed E-state index contributed by atoms with van der Waals surface area (Å²) in [6, 6.07) is 0. The Morgan fingerprint density at radius 1 is 0.955 bits per heavy atom. The SMILES string of the molecule is CCCCNC(=O)CSc1nnc(SCC(=O)NCCC)s1. The molecular formula is C13H22N4O2S3. The van der Waals surface area contributed by atoms with E-state index < -0.39 is 0 Å². The van der Waals surface area contributed by atoms with E-state index in [2.05, 4.69) is 27.8 Å². The molecule has 0 aromatic carbocycles. The van der Waals surface area contributed by atoms with Gasteiger partial charge in [0.1, 0.15) is 0 Å². The minimum atomic E-state index is 0.00607. The van der Waals surface area contributed by atoms with E-state index in [1.807, 2.05) is 6.92 Å².